The number of fused-ring (bicyclic) bond motifs is 8. The van der Waals surface area contributed by atoms with E-state index in [1.54, 1.807) is 204 Å². The van der Waals surface area contributed by atoms with Gasteiger partial charge < -0.3 is 37.9 Å². The molecule has 109 heavy (non-hydrogen) atoms. The van der Waals surface area contributed by atoms with Crippen LogP contribution in [0.5, 0.6) is 0 Å². The molecular formula is C93H84O16. The van der Waals surface area contributed by atoms with Crippen LogP contribution < -0.4 is 0 Å². The van der Waals surface area contributed by atoms with Crippen LogP contribution in [0.4, 0.5) is 0 Å². The van der Waals surface area contributed by atoms with E-state index in [2.05, 4.69) is 0 Å². The summed E-state index contributed by atoms with van der Waals surface area (Å²) in [5, 5.41) is 9.58. The highest BCUT2D eigenvalue weighted by Gasteiger charge is 2.38. The summed E-state index contributed by atoms with van der Waals surface area (Å²) in [7, 11) is 0. The monoisotopic (exact) mass is 1460 g/mol. The Hall–Kier alpha value is -12.6. The molecule has 0 saturated carbocycles. The molecule has 0 aliphatic rings. The molecule has 0 bridgehead atoms. The third-order valence-electron chi connectivity index (χ3n) is 17.9. The number of rotatable bonds is 20. The molecule has 0 aromatic heterocycles. The van der Waals surface area contributed by atoms with Gasteiger partial charge in [0, 0.05) is 24.3 Å². The molecule has 12 aromatic carbocycles. The predicted molar refractivity (Wildman–Crippen MR) is 429 cm³/mol. The third kappa shape index (κ3) is 17.3. The topological polar surface area (TPSA) is 210 Å². The number of carbonyl (C=O) groups excluding carboxylic acids is 8. The van der Waals surface area contributed by atoms with E-state index in [9.17, 15) is 38.4 Å². The molecular weight excluding hydrogens is 1370 g/mol. The van der Waals surface area contributed by atoms with Gasteiger partial charge in [-0.25, -0.2) is 38.4 Å². The molecule has 12 aromatic rings. The maximum Gasteiger partial charge on any atom is 0.339 e. The zero-order valence-corrected chi connectivity index (χ0v) is 63.0. The van der Waals surface area contributed by atoms with Gasteiger partial charge in [-0.15, -0.1) is 0 Å². The van der Waals surface area contributed by atoms with E-state index in [-0.39, 0.29) is 0 Å². The van der Waals surface area contributed by atoms with E-state index < -0.39 is 102 Å². The van der Waals surface area contributed by atoms with Crippen LogP contribution in [0, 0.1) is 5.41 Å². The Labute approximate surface area is 631 Å². The van der Waals surface area contributed by atoms with Crippen molar-refractivity contribution in [2.75, 3.05) is 26.4 Å². The summed E-state index contributed by atoms with van der Waals surface area (Å²) in [6.07, 6.45) is 11.1. The van der Waals surface area contributed by atoms with Crippen molar-refractivity contribution in [2.45, 2.75) is 105 Å². The van der Waals surface area contributed by atoms with Crippen LogP contribution >= 0.6 is 0 Å². The zero-order chi connectivity index (χ0) is 77.7. The maximum atomic E-state index is 14.7. The van der Waals surface area contributed by atoms with Crippen molar-refractivity contribution in [3.63, 3.8) is 0 Å². The second-order valence-electron chi connectivity index (χ2n) is 30.8. The number of carbonyl (C=O) groups is 8. The fraction of sp³-hybridized carbons (Fsp3) is 0.226. The molecule has 0 unspecified atom stereocenters. The lowest BCUT2D eigenvalue weighted by molar-refractivity contribution is -0.164. The average molecular weight is 1460 g/mol. The van der Waals surface area contributed by atoms with Gasteiger partial charge >= 0.3 is 47.8 Å². The lowest BCUT2D eigenvalue weighted by Gasteiger charge is -2.31. The Morgan fingerprint density at radius 2 is 0.367 bits per heavy atom. The summed E-state index contributed by atoms with van der Waals surface area (Å²) in [6, 6.07) is 58.1. The molecule has 0 atom stereocenters. The Balaban J connectivity index is 0.942. The van der Waals surface area contributed by atoms with Gasteiger partial charge in [0.05, 0.1) is 22.3 Å². The fourth-order valence-electron chi connectivity index (χ4n) is 13.5. The summed E-state index contributed by atoms with van der Waals surface area (Å²) in [5.41, 5.74) is -1.48. The molecule has 0 aliphatic carbocycles. The molecule has 0 saturated heterocycles. The minimum atomic E-state index is -1.90. The summed E-state index contributed by atoms with van der Waals surface area (Å²) < 4.78 is 48.5. The van der Waals surface area contributed by atoms with Crippen LogP contribution in [0.2, 0.25) is 0 Å². The van der Waals surface area contributed by atoms with E-state index in [1.807, 2.05) is 97.1 Å². The average Bonchev–Trinajstić information content (AvgIpc) is 0.767. The van der Waals surface area contributed by atoms with Gasteiger partial charge in [-0.2, -0.15) is 0 Å². The Morgan fingerprint density at radius 3 is 0.505 bits per heavy atom. The van der Waals surface area contributed by atoms with E-state index >= 15 is 0 Å². The molecule has 16 heteroatoms. The highest BCUT2D eigenvalue weighted by molar-refractivity contribution is 6.24. The number of esters is 8. The molecule has 0 radical (unpaired) electrons. The van der Waals surface area contributed by atoms with E-state index in [0.29, 0.717) is 131 Å². The molecule has 0 aliphatic heterocycles. The summed E-state index contributed by atoms with van der Waals surface area (Å²) in [5.74, 6) is -5.76. The van der Waals surface area contributed by atoms with E-state index in [1.165, 1.54) is 24.3 Å². The standard InChI is InChI=1S/C93H84O16/c1-89(2,3)106-85(98)81-69-37-21-13-29-57(69)65(58-30-14-22-38-70(58)81)45-49-77(94)102-53-93(54-103-78(95)50-46-66-59-31-15-23-39-71(59)82(86(99)107-90(4,5)6)72-40-24-16-32-60(66)72,55-104-79(96)51-47-67-61-33-17-25-41-73(61)83(87(100)108-91(7,8)9)74-42-26-18-34-62(67)74)56-105-80(97)52-48-68-63-35-19-27-43-75(63)84(88(101)109-92(10,11)12)76-44-28-20-36-64(68)76/h13-52H,53-56H2,1-12H3. The lowest BCUT2D eigenvalue weighted by atomic mass is 9.91. The first kappa shape index (κ1) is 76.1. The molecule has 16 nitrogen and oxygen atoms in total. The van der Waals surface area contributed by atoms with E-state index in [4.69, 9.17) is 37.9 Å². The normalized spacial score (nSPS) is 13.0. The quantitative estimate of drug-likeness (QED) is 0.0300. The van der Waals surface area contributed by atoms with Crippen molar-refractivity contribution < 1.29 is 76.3 Å². The SMILES string of the molecule is CC(C)(C)OC(=O)c1c2ccccc2c(C=CC(=O)OCC(COC(=O)C=Cc2c3ccccc3c(C(=O)OC(C)(C)C)c3ccccc23)(COC(=O)C=Cc2c3ccccc3c(C(=O)OC(C)(C)C)c3ccccc23)COC(=O)C=Cc2c3ccccc3c(C(=O)OC(C)(C)C)c3ccccc23)c2ccccc12. The second kappa shape index (κ2) is 31.1. The van der Waals surface area contributed by atoms with Gasteiger partial charge in [0.15, 0.2) is 0 Å². The van der Waals surface area contributed by atoms with Crippen molar-refractivity contribution in [1.82, 2.24) is 0 Å². The summed E-state index contributed by atoms with van der Waals surface area (Å²) in [6.45, 7) is 18.7. The lowest BCUT2D eigenvalue weighted by Crippen LogP contribution is -2.43. The van der Waals surface area contributed by atoms with Crippen LogP contribution in [0.15, 0.2) is 218 Å². The number of ether oxygens (including phenoxy) is 8. The van der Waals surface area contributed by atoms with Gasteiger partial charge in [0.2, 0.25) is 0 Å². The summed E-state index contributed by atoms with van der Waals surface area (Å²) >= 11 is 0. The van der Waals surface area contributed by atoms with Crippen molar-refractivity contribution in [2.24, 2.45) is 5.41 Å². The first-order valence-corrected chi connectivity index (χ1v) is 35.9. The number of hydrogen-bond donors (Lipinski definition) is 0. The highest BCUT2D eigenvalue weighted by atomic mass is 16.6. The first-order valence-electron chi connectivity index (χ1n) is 35.9. The van der Waals surface area contributed by atoms with Crippen molar-refractivity contribution in [3.8, 4) is 0 Å². The molecule has 0 heterocycles. The maximum absolute atomic E-state index is 14.7. The molecule has 12 rings (SSSR count). The first-order chi connectivity index (χ1) is 51.8. The Kier molecular flexibility index (Phi) is 21.7. The fourth-order valence-corrected chi connectivity index (χ4v) is 13.5. The second-order valence-corrected chi connectivity index (χ2v) is 30.8. The van der Waals surface area contributed by atoms with Crippen LogP contribution in [-0.4, -0.2) is 96.6 Å². The van der Waals surface area contributed by atoms with Gasteiger partial charge in [0.25, 0.3) is 0 Å². The summed E-state index contributed by atoms with van der Waals surface area (Å²) in [4.78, 5) is 115. The van der Waals surface area contributed by atoms with Crippen molar-refractivity contribution in [3.05, 3.63) is 263 Å². The van der Waals surface area contributed by atoms with Gasteiger partial charge in [-0.3, -0.25) is 0 Å². The van der Waals surface area contributed by atoms with Crippen LogP contribution in [0.3, 0.4) is 0 Å². The number of hydrogen-bond acceptors (Lipinski definition) is 16. The Morgan fingerprint density at radius 1 is 0.229 bits per heavy atom. The third-order valence-corrected chi connectivity index (χ3v) is 17.9. The van der Waals surface area contributed by atoms with Gasteiger partial charge in [-0.05, 0) is 216 Å². The Bertz CT molecular complexity index is 4860. The smallest absolute Gasteiger partial charge is 0.339 e. The minimum absolute atomic E-state index is 0.345. The molecule has 0 amide bonds. The highest BCUT2D eigenvalue weighted by Crippen LogP contribution is 2.41. The van der Waals surface area contributed by atoms with Crippen molar-refractivity contribution in [1.29, 1.82) is 0 Å². The minimum Gasteiger partial charge on any atom is -0.462 e. The molecule has 0 N–H and O–H groups in total. The van der Waals surface area contributed by atoms with Crippen LogP contribution in [0.1, 0.15) is 147 Å². The van der Waals surface area contributed by atoms with E-state index in [0.717, 1.165) is 0 Å². The largest absolute Gasteiger partial charge is 0.462 e. The zero-order valence-electron chi connectivity index (χ0n) is 63.0. The molecule has 552 valence electrons. The van der Waals surface area contributed by atoms with Gasteiger partial charge in [-0.1, -0.05) is 194 Å². The predicted octanol–water partition coefficient (Wildman–Crippen LogP) is 20.0. The number of benzene rings is 12. The van der Waals surface area contributed by atoms with Crippen LogP contribution in [0.25, 0.3) is 110 Å². The van der Waals surface area contributed by atoms with Gasteiger partial charge in [0.1, 0.15) is 54.2 Å². The van der Waals surface area contributed by atoms with Crippen LogP contribution in [-0.2, 0) is 57.1 Å². The molecule has 0 fully saturated rings. The molecule has 0 spiro atoms. The van der Waals surface area contributed by atoms with Crippen molar-refractivity contribution >= 4 is 158 Å².